The van der Waals surface area contributed by atoms with Crippen molar-refractivity contribution in [3.05, 3.63) is 11.7 Å². The number of thiocarbonyl (C=S) groups is 1. The summed E-state index contributed by atoms with van der Waals surface area (Å²) in [5.74, 6) is 0.139. The molecule has 0 aromatic carbocycles. The van der Waals surface area contributed by atoms with Crippen molar-refractivity contribution in [2.45, 2.75) is 20.4 Å². The average Bonchev–Trinajstić information content (AvgIpc) is 2.59. The highest BCUT2D eigenvalue weighted by Gasteiger charge is 2.15. The largest absolute Gasteiger partial charge is 0.393 e. The molecule has 0 aliphatic rings. The number of nitrogens with one attached hydrogen (secondary N) is 1. The van der Waals surface area contributed by atoms with Crippen LogP contribution in [-0.4, -0.2) is 21.0 Å². The lowest BCUT2D eigenvalue weighted by atomic mass is 10.2. The Bertz CT molecular complexity index is 376. The number of hydrogen-bond acceptors (Lipinski definition) is 5. The second-order valence-corrected chi connectivity index (χ2v) is 3.55. The molecule has 0 spiro atoms. The van der Waals surface area contributed by atoms with E-state index >= 15 is 0 Å². The summed E-state index contributed by atoms with van der Waals surface area (Å²) in [5.41, 5.74) is 5.33. The van der Waals surface area contributed by atoms with E-state index in [2.05, 4.69) is 15.5 Å². The molecule has 0 aliphatic heterocycles. The third kappa shape index (κ3) is 3.28. The summed E-state index contributed by atoms with van der Waals surface area (Å²) < 4.78 is 4.81. The maximum Gasteiger partial charge on any atom is 0.246 e. The Kier molecular flexibility index (Phi) is 3.73. The van der Waals surface area contributed by atoms with Crippen molar-refractivity contribution in [1.29, 1.82) is 0 Å². The highest BCUT2D eigenvalue weighted by atomic mass is 32.1. The van der Waals surface area contributed by atoms with Gasteiger partial charge in [-0.1, -0.05) is 17.4 Å². The van der Waals surface area contributed by atoms with Crippen LogP contribution >= 0.6 is 12.2 Å². The van der Waals surface area contributed by atoms with Gasteiger partial charge < -0.3 is 15.6 Å². The summed E-state index contributed by atoms with van der Waals surface area (Å²) in [6.45, 7) is 3.52. The molecule has 15 heavy (non-hydrogen) atoms. The van der Waals surface area contributed by atoms with Crippen molar-refractivity contribution in [3.8, 4) is 0 Å². The second-order valence-electron chi connectivity index (χ2n) is 3.08. The van der Waals surface area contributed by atoms with Gasteiger partial charge in [0.05, 0.1) is 17.5 Å². The molecule has 0 aliphatic carbocycles. The number of aromatic nitrogens is 2. The SMILES string of the molecule is Cc1noc(CNC(=O)C(C)C(N)=S)n1. The lowest BCUT2D eigenvalue weighted by molar-refractivity contribution is -0.122. The molecule has 0 saturated heterocycles. The molecule has 1 heterocycles. The van der Waals surface area contributed by atoms with Gasteiger partial charge >= 0.3 is 0 Å². The fourth-order valence-corrected chi connectivity index (χ4v) is 0.964. The highest BCUT2D eigenvalue weighted by Crippen LogP contribution is 1.98. The second kappa shape index (κ2) is 4.83. The molecular weight excluding hydrogens is 216 g/mol. The normalized spacial score (nSPS) is 12.1. The Morgan fingerprint density at radius 2 is 2.40 bits per heavy atom. The predicted molar refractivity (Wildman–Crippen MR) is 56.8 cm³/mol. The monoisotopic (exact) mass is 228 g/mol. The fraction of sp³-hybridized carbons (Fsp3) is 0.500. The van der Waals surface area contributed by atoms with Crippen LogP contribution in [0.15, 0.2) is 4.52 Å². The summed E-state index contributed by atoms with van der Waals surface area (Å²) in [7, 11) is 0. The molecule has 1 atom stereocenters. The number of aryl methyl sites for hydroxylation is 1. The topological polar surface area (TPSA) is 94.0 Å². The van der Waals surface area contributed by atoms with Gasteiger partial charge in [-0.2, -0.15) is 4.98 Å². The van der Waals surface area contributed by atoms with Gasteiger partial charge in [0, 0.05) is 0 Å². The van der Waals surface area contributed by atoms with Crippen LogP contribution < -0.4 is 11.1 Å². The Hall–Kier alpha value is -1.50. The fourth-order valence-electron chi connectivity index (χ4n) is 0.857. The van der Waals surface area contributed by atoms with Crippen molar-refractivity contribution in [2.24, 2.45) is 11.7 Å². The number of nitrogens with zero attached hydrogens (tertiary/aromatic N) is 2. The zero-order valence-electron chi connectivity index (χ0n) is 8.48. The first kappa shape index (κ1) is 11.6. The molecule has 1 rings (SSSR count). The molecule has 3 N–H and O–H groups in total. The number of hydrogen-bond donors (Lipinski definition) is 2. The lowest BCUT2D eigenvalue weighted by Gasteiger charge is -2.08. The Morgan fingerprint density at radius 3 is 2.87 bits per heavy atom. The van der Waals surface area contributed by atoms with E-state index < -0.39 is 5.92 Å². The van der Waals surface area contributed by atoms with Crippen LogP contribution in [0.1, 0.15) is 18.6 Å². The van der Waals surface area contributed by atoms with E-state index in [0.29, 0.717) is 11.7 Å². The first-order valence-corrected chi connectivity index (χ1v) is 4.77. The first-order valence-electron chi connectivity index (χ1n) is 4.37. The minimum absolute atomic E-state index is 0.161. The molecule has 1 aromatic rings. The van der Waals surface area contributed by atoms with Gasteiger partial charge in [0.1, 0.15) is 0 Å². The molecule has 1 amide bonds. The molecule has 82 valence electrons. The van der Waals surface area contributed by atoms with Crippen molar-refractivity contribution < 1.29 is 9.32 Å². The molecule has 0 bridgehead atoms. The van der Waals surface area contributed by atoms with Crippen LogP contribution in [-0.2, 0) is 11.3 Å². The zero-order chi connectivity index (χ0) is 11.4. The molecule has 0 saturated carbocycles. The number of carbonyl (C=O) groups excluding carboxylic acids is 1. The van der Waals surface area contributed by atoms with E-state index in [0.717, 1.165) is 0 Å². The molecule has 6 nitrogen and oxygen atoms in total. The van der Waals surface area contributed by atoms with E-state index in [1.54, 1.807) is 13.8 Å². The molecule has 1 unspecified atom stereocenters. The number of rotatable bonds is 4. The van der Waals surface area contributed by atoms with E-state index in [9.17, 15) is 4.79 Å². The lowest BCUT2D eigenvalue weighted by Crippen LogP contribution is -2.35. The van der Waals surface area contributed by atoms with Gasteiger partial charge in [-0.05, 0) is 13.8 Å². The number of carbonyl (C=O) groups is 1. The van der Waals surface area contributed by atoms with Gasteiger partial charge in [-0.25, -0.2) is 0 Å². The minimum Gasteiger partial charge on any atom is -0.393 e. The van der Waals surface area contributed by atoms with Crippen LogP contribution in [0.4, 0.5) is 0 Å². The minimum atomic E-state index is -0.496. The van der Waals surface area contributed by atoms with Crippen LogP contribution in [0.25, 0.3) is 0 Å². The van der Waals surface area contributed by atoms with Gasteiger partial charge in [-0.3, -0.25) is 4.79 Å². The maximum absolute atomic E-state index is 11.4. The Morgan fingerprint density at radius 1 is 1.73 bits per heavy atom. The summed E-state index contributed by atoms with van der Waals surface area (Å²) in [4.78, 5) is 15.5. The highest BCUT2D eigenvalue weighted by molar-refractivity contribution is 7.80. The number of amides is 1. The van der Waals surface area contributed by atoms with Gasteiger partial charge in [0.15, 0.2) is 5.82 Å². The van der Waals surface area contributed by atoms with Gasteiger partial charge in [-0.15, -0.1) is 0 Å². The van der Waals surface area contributed by atoms with E-state index in [4.69, 9.17) is 22.5 Å². The van der Waals surface area contributed by atoms with Crippen LogP contribution in [0.3, 0.4) is 0 Å². The van der Waals surface area contributed by atoms with Crippen LogP contribution in [0.2, 0.25) is 0 Å². The Balaban J connectivity index is 2.44. The third-order valence-electron chi connectivity index (χ3n) is 1.80. The molecule has 7 heteroatoms. The first-order chi connectivity index (χ1) is 7.00. The van der Waals surface area contributed by atoms with E-state index in [1.807, 2.05) is 0 Å². The molecule has 0 radical (unpaired) electrons. The summed E-state index contributed by atoms with van der Waals surface area (Å²) >= 11 is 4.69. The van der Waals surface area contributed by atoms with E-state index in [-0.39, 0.29) is 17.4 Å². The summed E-state index contributed by atoms with van der Waals surface area (Å²) in [6.07, 6.45) is 0. The maximum atomic E-state index is 11.4. The van der Waals surface area contributed by atoms with Crippen LogP contribution in [0.5, 0.6) is 0 Å². The predicted octanol–water partition coefficient (Wildman–Crippen LogP) is -0.0836. The average molecular weight is 228 g/mol. The van der Waals surface area contributed by atoms with E-state index in [1.165, 1.54) is 0 Å². The van der Waals surface area contributed by atoms with Crippen molar-refractivity contribution in [1.82, 2.24) is 15.5 Å². The number of nitrogens with two attached hydrogens (primary N) is 1. The van der Waals surface area contributed by atoms with Crippen molar-refractivity contribution >= 4 is 23.1 Å². The molecule has 1 aromatic heterocycles. The van der Waals surface area contributed by atoms with Crippen molar-refractivity contribution in [3.63, 3.8) is 0 Å². The van der Waals surface area contributed by atoms with Gasteiger partial charge in [0.25, 0.3) is 0 Å². The smallest absolute Gasteiger partial charge is 0.246 e. The Labute approximate surface area is 92.2 Å². The van der Waals surface area contributed by atoms with Crippen LogP contribution in [0, 0.1) is 12.8 Å². The van der Waals surface area contributed by atoms with Gasteiger partial charge in [0.2, 0.25) is 11.8 Å². The standard InChI is InChI=1S/C8H12N4O2S/c1-4(7(9)15)8(13)10-3-6-11-5(2)12-14-6/h4H,3H2,1-2H3,(H2,9,15)(H,10,13). The quantitative estimate of drug-likeness (QED) is 0.700. The third-order valence-corrected chi connectivity index (χ3v) is 2.16. The summed E-state index contributed by atoms with van der Waals surface area (Å²) in [5, 5.41) is 6.18. The zero-order valence-corrected chi connectivity index (χ0v) is 9.30. The van der Waals surface area contributed by atoms with Crippen molar-refractivity contribution in [2.75, 3.05) is 0 Å². The molecule has 0 fully saturated rings. The molecular formula is C8H12N4O2S. The summed E-state index contributed by atoms with van der Waals surface area (Å²) in [6, 6.07) is 0.